The molecule has 0 saturated heterocycles. The molecule has 0 aliphatic heterocycles. The summed E-state index contributed by atoms with van der Waals surface area (Å²) in [5.41, 5.74) is 1.07. The first-order valence-electron chi connectivity index (χ1n) is 6.53. The van der Waals surface area contributed by atoms with Crippen LogP contribution in [-0.4, -0.2) is 60.3 Å². The second kappa shape index (κ2) is 6.65. The Balaban J connectivity index is 2.22. The van der Waals surface area contributed by atoms with Gasteiger partial charge in [-0.2, -0.15) is 9.40 Å². The van der Waals surface area contributed by atoms with Crippen LogP contribution in [0.5, 0.6) is 0 Å². The molecule has 0 bridgehead atoms. The van der Waals surface area contributed by atoms with E-state index >= 15 is 0 Å². The van der Waals surface area contributed by atoms with Gasteiger partial charge in [0.2, 0.25) is 15.9 Å². The van der Waals surface area contributed by atoms with Gasteiger partial charge in [-0.25, -0.2) is 13.1 Å². The topological polar surface area (TPSA) is 88.4 Å². The first kappa shape index (κ1) is 17.4. The molecular formula is C13H16ClN5O3S. The molecular weight excluding hydrogens is 342 g/mol. The summed E-state index contributed by atoms with van der Waals surface area (Å²) in [5, 5.41) is 4.26. The minimum Gasteiger partial charge on any atom is -0.310 e. The number of aromatic nitrogens is 3. The van der Waals surface area contributed by atoms with E-state index < -0.39 is 15.9 Å². The lowest BCUT2D eigenvalue weighted by Gasteiger charge is -2.19. The number of amides is 1. The maximum atomic E-state index is 12.2. The Kier molecular flexibility index (Phi) is 5.03. The molecule has 2 aromatic rings. The van der Waals surface area contributed by atoms with Crippen molar-refractivity contribution in [2.45, 2.75) is 0 Å². The number of likely N-dealkylation sites (N-methyl/N-ethyl adjacent to an activating group) is 2. The first-order chi connectivity index (χ1) is 10.7. The normalized spacial score (nSPS) is 11.7. The van der Waals surface area contributed by atoms with E-state index in [1.807, 2.05) is 0 Å². The maximum Gasteiger partial charge on any atom is 0.242 e. The zero-order valence-electron chi connectivity index (χ0n) is 12.8. The zero-order chi connectivity index (χ0) is 17.2. The molecule has 0 unspecified atom stereocenters. The van der Waals surface area contributed by atoms with Gasteiger partial charge in [0.05, 0.1) is 30.9 Å². The van der Waals surface area contributed by atoms with Gasteiger partial charge in [0.15, 0.2) is 5.15 Å². The molecule has 23 heavy (non-hydrogen) atoms. The smallest absolute Gasteiger partial charge is 0.242 e. The van der Waals surface area contributed by atoms with Crippen LogP contribution >= 0.6 is 11.6 Å². The molecule has 2 heterocycles. The molecule has 0 spiro atoms. The van der Waals surface area contributed by atoms with Gasteiger partial charge >= 0.3 is 0 Å². The fraction of sp³-hybridized carbons (Fsp3) is 0.308. The predicted molar refractivity (Wildman–Crippen MR) is 87.3 cm³/mol. The van der Waals surface area contributed by atoms with Crippen LogP contribution in [-0.2, 0) is 14.8 Å². The quantitative estimate of drug-likeness (QED) is 0.788. The minimum absolute atomic E-state index is 0.131. The van der Waals surface area contributed by atoms with Crippen LogP contribution in [0.2, 0.25) is 5.15 Å². The molecule has 8 nitrogen and oxygen atoms in total. The summed E-state index contributed by atoms with van der Waals surface area (Å²) in [4.78, 5) is 17.5. The zero-order valence-corrected chi connectivity index (χ0v) is 14.4. The van der Waals surface area contributed by atoms with Crippen LogP contribution in [0.3, 0.4) is 0 Å². The van der Waals surface area contributed by atoms with Gasteiger partial charge in [-0.1, -0.05) is 11.6 Å². The van der Waals surface area contributed by atoms with Crippen molar-refractivity contribution in [3.05, 3.63) is 35.9 Å². The summed E-state index contributed by atoms with van der Waals surface area (Å²) in [6.07, 6.45) is 5.85. The highest BCUT2D eigenvalue weighted by molar-refractivity contribution is 7.88. The number of carbonyl (C=O) groups is 1. The number of hydrogen-bond donors (Lipinski definition) is 0. The Morgan fingerprint density at radius 3 is 2.65 bits per heavy atom. The van der Waals surface area contributed by atoms with Crippen molar-refractivity contribution in [1.29, 1.82) is 0 Å². The average Bonchev–Trinajstić information content (AvgIpc) is 2.88. The SMILES string of the molecule is CN(C(=O)CN(C)S(C)(=O)=O)c1cn(-c2cccnc2)nc1Cl. The van der Waals surface area contributed by atoms with Gasteiger partial charge in [0.1, 0.15) is 5.69 Å². The molecule has 1 amide bonds. The molecule has 0 saturated carbocycles. The number of rotatable bonds is 5. The lowest BCUT2D eigenvalue weighted by molar-refractivity contribution is -0.118. The fourth-order valence-electron chi connectivity index (χ4n) is 1.74. The fourth-order valence-corrected chi connectivity index (χ4v) is 2.34. The Hall–Kier alpha value is -1.97. The second-order valence-corrected chi connectivity index (χ2v) is 7.38. The number of pyridine rings is 1. The number of hydrogen-bond acceptors (Lipinski definition) is 5. The van der Waals surface area contributed by atoms with Crippen LogP contribution in [0.25, 0.3) is 5.69 Å². The van der Waals surface area contributed by atoms with Crippen LogP contribution in [0.15, 0.2) is 30.7 Å². The van der Waals surface area contributed by atoms with E-state index in [1.54, 1.807) is 30.7 Å². The molecule has 2 rings (SSSR count). The maximum absolute atomic E-state index is 12.2. The number of anilines is 1. The van der Waals surface area contributed by atoms with Crippen molar-refractivity contribution in [1.82, 2.24) is 19.1 Å². The van der Waals surface area contributed by atoms with Crippen LogP contribution in [0.1, 0.15) is 0 Å². The van der Waals surface area contributed by atoms with Crippen molar-refractivity contribution in [3.8, 4) is 5.69 Å². The van der Waals surface area contributed by atoms with Crippen LogP contribution in [0.4, 0.5) is 5.69 Å². The lowest BCUT2D eigenvalue weighted by atomic mass is 10.4. The molecule has 0 N–H and O–H groups in total. The Morgan fingerprint density at radius 1 is 1.39 bits per heavy atom. The van der Waals surface area contributed by atoms with E-state index in [2.05, 4.69) is 10.1 Å². The van der Waals surface area contributed by atoms with Gasteiger partial charge < -0.3 is 4.90 Å². The third-order valence-corrected chi connectivity index (χ3v) is 4.75. The number of carbonyl (C=O) groups excluding carboxylic acids is 1. The molecule has 124 valence electrons. The summed E-state index contributed by atoms with van der Waals surface area (Å²) in [7, 11) is -0.594. The number of halogens is 1. The van der Waals surface area contributed by atoms with Crippen LogP contribution in [0, 0.1) is 0 Å². The summed E-state index contributed by atoms with van der Waals surface area (Å²) in [5.74, 6) is -0.425. The first-order valence-corrected chi connectivity index (χ1v) is 8.76. The molecule has 0 fully saturated rings. The van der Waals surface area contributed by atoms with Crippen molar-refractivity contribution < 1.29 is 13.2 Å². The average molecular weight is 358 g/mol. The van der Waals surface area contributed by atoms with Gasteiger partial charge in [-0.3, -0.25) is 9.78 Å². The van der Waals surface area contributed by atoms with Crippen molar-refractivity contribution in [2.24, 2.45) is 0 Å². The standard InChI is InChI=1S/C13H16ClN5O3S/c1-17(23(3,21)22)9-12(20)18(2)11-8-19(16-13(11)14)10-5-4-6-15-7-10/h4-8H,9H2,1-3H3. The molecule has 0 atom stereocenters. The Morgan fingerprint density at radius 2 is 2.09 bits per heavy atom. The Labute approximate surface area is 139 Å². The molecule has 0 aromatic carbocycles. The summed E-state index contributed by atoms with van der Waals surface area (Å²) >= 11 is 6.08. The van der Waals surface area contributed by atoms with Crippen molar-refractivity contribution in [3.63, 3.8) is 0 Å². The van der Waals surface area contributed by atoms with E-state index in [-0.39, 0.29) is 11.7 Å². The Bertz CT molecular complexity index is 806. The highest BCUT2D eigenvalue weighted by Crippen LogP contribution is 2.25. The monoisotopic (exact) mass is 357 g/mol. The van der Waals surface area contributed by atoms with Gasteiger partial charge in [0, 0.05) is 20.3 Å². The largest absolute Gasteiger partial charge is 0.310 e. The third kappa shape index (κ3) is 4.06. The predicted octanol–water partition coefficient (Wildman–Crippen LogP) is 0.775. The van der Waals surface area contributed by atoms with Crippen molar-refractivity contribution >= 4 is 33.2 Å². The van der Waals surface area contributed by atoms with Crippen molar-refractivity contribution in [2.75, 3.05) is 31.8 Å². The summed E-state index contributed by atoms with van der Waals surface area (Å²) in [6.45, 7) is -0.288. The molecule has 2 aromatic heterocycles. The summed E-state index contributed by atoms with van der Waals surface area (Å²) in [6, 6.07) is 3.54. The molecule has 0 radical (unpaired) electrons. The van der Waals surface area contributed by atoms with Gasteiger partial charge in [-0.15, -0.1) is 0 Å². The number of sulfonamides is 1. The highest BCUT2D eigenvalue weighted by atomic mass is 35.5. The van der Waals surface area contributed by atoms with E-state index in [0.717, 1.165) is 10.6 Å². The summed E-state index contributed by atoms with van der Waals surface area (Å²) < 4.78 is 25.2. The van der Waals surface area contributed by atoms with Gasteiger partial charge in [-0.05, 0) is 12.1 Å². The van der Waals surface area contributed by atoms with E-state index in [1.165, 1.54) is 23.7 Å². The second-order valence-electron chi connectivity index (χ2n) is 4.93. The van der Waals surface area contributed by atoms with Gasteiger partial charge in [0.25, 0.3) is 0 Å². The minimum atomic E-state index is -3.44. The molecule has 0 aliphatic carbocycles. The van der Waals surface area contributed by atoms with E-state index in [0.29, 0.717) is 11.4 Å². The highest BCUT2D eigenvalue weighted by Gasteiger charge is 2.22. The van der Waals surface area contributed by atoms with Crippen LogP contribution < -0.4 is 4.90 Å². The third-order valence-electron chi connectivity index (χ3n) is 3.22. The molecule has 0 aliphatic rings. The van der Waals surface area contributed by atoms with E-state index in [9.17, 15) is 13.2 Å². The lowest BCUT2D eigenvalue weighted by Crippen LogP contribution is -2.39. The number of nitrogens with zero attached hydrogens (tertiary/aromatic N) is 5. The van der Waals surface area contributed by atoms with E-state index in [4.69, 9.17) is 11.6 Å². The molecule has 10 heteroatoms.